The first kappa shape index (κ1) is 26.4. The Morgan fingerprint density at radius 2 is 1.92 bits per heavy atom. The van der Waals surface area contributed by atoms with Crippen LogP contribution in [0.4, 0.5) is 29.1 Å². The Balaban J connectivity index is 1.22. The summed E-state index contributed by atoms with van der Waals surface area (Å²) in [7, 11) is 1.72. The molecule has 13 heteroatoms. The molecule has 2 aromatic heterocycles. The molecular weight excluding hydrogens is 528 g/mol. The zero-order valence-corrected chi connectivity index (χ0v) is 21.0. The molecule has 2 atom stereocenters. The van der Waals surface area contributed by atoms with Gasteiger partial charge in [-0.25, -0.2) is 19.3 Å². The van der Waals surface area contributed by atoms with E-state index in [1.807, 2.05) is 0 Å². The molecule has 1 amide bonds. The van der Waals surface area contributed by atoms with Crippen LogP contribution in [0, 0.1) is 17.7 Å². The Kier molecular flexibility index (Phi) is 6.80. The molecule has 2 aliphatic rings. The Morgan fingerprint density at radius 3 is 2.58 bits per heavy atom. The van der Waals surface area contributed by atoms with E-state index in [9.17, 15) is 27.5 Å². The van der Waals surface area contributed by atoms with Gasteiger partial charge in [-0.3, -0.25) is 4.79 Å². The van der Waals surface area contributed by atoms with Gasteiger partial charge in [0.05, 0.1) is 22.6 Å². The largest absolute Gasteiger partial charge is 0.451 e. The van der Waals surface area contributed by atoms with Crippen molar-refractivity contribution in [2.24, 2.45) is 18.9 Å². The van der Waals surface area contributed by atoms with E-state index in [-0.39, 0.29) is 41.0 Å². The number of benzene rings is 1. The highest BCUT2D eigenvalue weighted by Gasteiger charge is 2.49. The van der Waals surface area contributed by atoms with E-state index in [4.69, 9.17) is 11.6 Å². The summed E-state index contributed by atoms with van der Waals surface area (Å²) in [4.78, 5) is 24.3. The van der Waals surface area contributed by atoms with Crippen LogP contribution in [0.2, 0.25) is 5.02 Å². The van der Waals surface area contributed by atoms with Crippen LogP contribution in [0.1, 0.15) is 53.6 Å². The molecule has 2 aliphatic carbocycles. The minimum atomic E-state index is -4.65. The maximum Gasteiger partial charge on any atom is 0.451 e. The van der Waals surface area contributed by atoms with E-state index >= 15 is 0 Å². The van der Waals surface area contributed by atoms with Gasteiger partial charge >= 0.3 is 6.18 Å². The number of anilines is 2. The third-order valence-corrected chi connectivity index (χ3v) is 7.67. The molecule has 38 heavy (non-hydrogen) atoms. The molecule has 0 saturated heterocycles. The molecule has 2 fully saturated rings. The predicted octanol–water partition coefficient (Wildman–Crippen LogP) is 5.02. The lowest BCUT2D eigenvalue weighted by molar-refractivity contribution is -0.144. The number of alkyl halides is 3. The van der Waals surface area contributed by atoms with Crippen LogP contribution in [0.3, 0.4) is 0 Å². The zero-order chi connectivity index (χ0) is 27.2. The van der Waals surface area contributed by atoms with Crippen molar-refractivity contribution in [2.75, 3.05) is 17.2 Å². The van der Waals surface area contributed by atoms with Crippen molar-refractivity contribution < 1.29 is 27.5 Å². The number of fused-ring (bicyclic) bond motifs is 1. The summed E-state index contributed by atoms with van der Waals surface area (Å²) < 4.78 is 53.8. The maximum atomic E-state index is 13.5. The Bertz CT molecular complexity index is 1350. The van der Waals surface area contributed by atoms with Gasteiger partial charge in [-0.2, -0.15) is 13.2 Å². The Morgan fingerprint density at radius 1 is 1.21 bits per heavy atom. The lowest BCUT2D eigenvalue weighted by Gasteiger charge is -2.25. The van der Waals surface area contributed by atoms with Crippen LogP contribution in [0.15, 0.2) is 36.8 Å². The standard InChI is InChI=1S/C25H25ClF4N6O2/c1-36-12-33-20(21(36)22(37)34-16-2-3-18(27)17(26)8-16)13-6-14-9-24(38,10-15(14)7-13)11-32-19-4-5-31-23(35-19)25(28,29)30/h2-5,8,12-15,38H,6-7,9-11H2,1H3,(H,34,37)(H,31,32,35). The van der Waals surface area contributed by atoms with Gasteiger partial charge in [0.15, 0.2) is 0 Å². The molecule has 3 aromatic rings. The Hall–Kier alpha value is -3.25. The van der Waals surface area contributed by atoms with Crippen molar-refractivity contribution in [3.05, 3.63) is 64.8 Å². The van der Waals surface area contributed by atoms with Gasteiger partial charge in [-0.05, 0) is 61.8 Å². The smallest absolute Gasteiger partial charge is 0.388 e. The average molecular weight is 553 g/mol. The fourth-order valence-electron chi connectivity index (χ4n) is 5.78. The van der Waals surface area contributed by atoms with Gasteiger partial charge in [0, 0.05) is 31.4 Å². The zero-order valence-electron chi connectivity index (χ0n) is 20.3. The molecule has 202 valence electrons. The van der Waals surface area contributed by atoms with Gasteiger partial charge in [0.2, 0.25) is 5.82 Å². The first-order valence-electron chi connectivity index (χ1n) is 12.1. The molecule has 1 aromatic carbocycles. The van der Waals surface area contributed by atoms with Crippen molar-refractivity contribution in [1.82, 2.24) is 19.5 Å². The molecule has 5 rings (SSSR count). The van der Waals surface area contributed by atoms with Crippen LogP contribution in [0.5, 0.6) is 0 Å². The summed E-state index contributed by atoms with van der Waals surface area (Å²) in [5.41, 5.74) is 0.336. The number of carbonyl (C=O) groups excluding carboxylic acids is 1. The van der Waals surface area contributed by atoms with Crippen LogP contribution >= 0.6 is 11.6 Å². The number of aliphatic hydroxyl groups is 1. The molecular formula is C25H25ClF4N6O2. The van der Waals surface area contributed by atoms with Gasteiger partial charge in [-0.15, -0.1) is 0 Å². The maximum absolute atomic E-state index is 13.5. The number of aryl methyl sites for hydroxylation is 1. The summed E-state index contributed by atoms with van der Waals surface area (Å²) in [5.74, 6) is -1.84. The number of carbonyl (C=O) groups is 1. The Labute approximate surface area is 220 Å². The van der Waals surface area contributed by atoms with Crippen LogP contribution in [0.25, 0.3) is 0 Å². The van der Waals surface area contributed by atoms with E-state index in [0.29, 0.717) is 29.9 Å². The number of aromatic nitrogens is 4. The van der Waals surface area contributed by atoms with E-state index in [1.165, 1.54) is 24.3 Å². The molecule has 3 N–H and O–H groups in total. The van der Waals surface area contributed by atoms with Crippen LogP contribution in [-0.2, 0) is 13.2 Å². The highest BCUT2D eigenvalue weighted by atomic mass is 35.5. The van der Waals surface area contributed by atoms with E-state index in [0.717, 1.165) is 19.0 Å². The third kappa shape index (κ3) is 5.32. The van der Waals surface area contributed by atoms with Crippen molar-refractivity contribution in [1.29, 1.82) is 0 Å². The van der Waals surface area contributed by atoms with E-state index in [2.05, 4.69) is 25.6 Å². The summed E-state index contributed by atoms with van der Waals surface area (Å²) in [6.07, 6.45) is 0.342. The van der Waals surface area contributed by atoms with E-state index < -0.39 is 23.4 Å². The average Bonchev–Trinajstić information content (AvgIpc) is 3.51. The highest BCUT2D eigenvalue weighted by molar-refractivity contribution is 6.31. The molecule has 0 aliphatic heterocycles. The number of amides is 1. The summed E-state index contributed by atoms with van der Waals surface area (Å²) in [6, 6.07) is 5.27. The molecule has 0 bridgehead atoms. The lowest BCUT2D eigenvalue weighted by atomic mass is 9.92. The lowest BCUT2D eigenvalue weighted by Crippen LogP contribution is -2.35. The summed E-state index contributed by atoms with van der Waals surface area (Å²) in [5, 5.41) is 16.6. The van der Waals surface area contributed by atoms with Gasteiger partial charge in [0.25, 0.3) is 5.91 Å². The molecule has 0 spiro atoms. The fraction of sp³-hybridized carbons (Fsp3) is 0.440. The topological polar surface area (TPSA) is 105 Å². The summed E-state index contributed by atoms with van der Waals surface area (Å²) in [6.45, 7) is 0.0659. The second-order valence-electron chi connectivity index (χ2n) is 10.1. The molecule has 2 heterocycles. The molecule has 2 unspecified atom stereocenters. The first-order chi connectivity index (χ1) is 17.9. The van der Waals surface area contributed by atoms with Crippen molar-refractivity contribution in [3.63, 3.8) is 0 Å². The van der Waals surface area contributed by atoms with Crippen LogP contribution < -0.4 is 10.6 Å². The molecule has 0 radical (unpaired) electrons. The summed E-state index contributed by atoms with van der Waals surface area (Å²) >= 11 is 5.83. The third-order valence-electron chi connectivity index (χ3n) is 7.38. The van der Waals surface area contributed by atoms with E-state index in [1.54, 1.807) is 17.9 Å². The van der Waals surface area contributed by atoms with Crippen molar-refractivity contribution in [3.8, 4) is 0 Å². The van der Waals surface area contributed by atoms with Crippen molar-refractivity contribution in [2.45, 2.75) is 43.4 Å². The second kappa shape index (κ2) is 9.81. The first-order valence-corrected chi connectivity index (χ1v) is 12.4. The van der Waals surface area contributed by atoms with Gasteiger partial charge in [-0.1, -0.05) is 11.6 Å². The monoisotopic (exact) mass is 552 g/mol. The number of rotatable bonds is 6. The highest BCUT2D eigenvalue weighted by Crippen LogP contribution is 2.54. The SMILES string of the molecule is Cn1cnc(C2CC3CC(O)(CNc4ccnc(C(F)(F)F)n4)CC3C2)c1C(=O)Nc1ccc(F)c(Cl)c1. The normalized spacial score (nSPS) is 24.9. The van der Waals surface area contributed by atoms with Crippen molar-refractivity contribution >= 4 is 29.0 Å². The van der Waals surface area contributed by atoms with Crippen LogP contribution in [-0.4, -0.2) is 42.7 Å². The number of nitrogens with zero attached hydrogens (tertiary/aromatic N) is 4. The fourth-order valence-corrected chi connectivity index (χ4v) is 5.96. The predicted molar refractivity (Wildman–Crippen MR) is 131 cm³/mol. The van der Waals surface area contributed by atoms with Gasteiger partial charge in [0.1, 0.15) is 17.3 Å². The number of halogens is 5. The quantitative estimate of drug-likeness (QED) is 0.371. The molecule has 8 nitrogen and oxygen atoms in total. The number of nitrogens with one attached hydrogen (secondary N) is 2. The molecule has 2 saturated carbocycles. The minimum Gasteiger partial charge on any atom is -0.388 e. The minimum absolute atomic E-state index is 0.00210. The second-order valence-corrected chi connectivity index (χ2v) is 10.5. The number of imidazole rings is 1. The number of hydrogen-bond acceptors (Lipinski definition) is 6. The van der Waals surface area contributed by atoms with Gasteiger partial charge < -0.3 is 20.3 Å². The number of hydrogen-bond donors (Lipinski definition) is 3.